The number of fused-ring (bicyclic) bond motifs is 2. The first-order valence-electron chi connectivity index (χ1n) is 9.60. The summed E-state index contributed by atoms with van der Waals surface area (Å²) < 4.78 is 2.05. The van der Waals surface area contributed by atoms with Gasteiger partial charge in [0.15, 0.2) is 0 Å². The summed E-state index contributed by atoms with van der Waals surface area (Å²) in [5.74, 6) is 0.224. The third-order valence-corrected chi connectivity index (χ3v) is 6.75. The van der Waals surface area contributed by atoms with Gasteiger partial charge in [-0.15, -0.1) is 11.3 Å². The number of hydrogen-bond acceptors (Lipinski definition) is 5. The molecule has 7 heteroatoms. The van der Waals surface area contributed by atoms with Crippen LogP contribution < -0.4 is 5.32 Å². The number of carbonyl (C=O) groups is 1. The highest BCUT2D eigenvalue weighted by molar-refractivity contribution is 7.07. The topological polar surface area (TPSA) is 63.1 Å². The predicted molar refractivity (Wildman–Crippen MR) is 102 cm³/mol. The van der Waals surface area contributed by atoms with E-state index >= 15 is 0 Å². The van der Waals surface area contributed by atoms with E-state index in [-0.39, 0.29) is 11.3 Å². The van der Waals surface area contributed by atoms with Crippen LogP contribution in [0.25, 0.3) is 0 Å². The van der Waals surface area contributed by atoms with Gasteiger partial charge in [0.1, 0.15) is 0 Å². The number of imidazole rings is 1. The Kier molecular flexibility index (Phi) is 5.09. The molecule has 0 aliphatic carbocycles. The second-order valence-corrected chi connectivity index (χ2v) is 8.22. The number of amides is 1. The Morgan fingerprint density at radius 3 is 3.08 bits per heavy atom. The highest BCUT2D eigenvalue weighted by atomic mass is 32.1. The maximum absolute atomic E-state index is 13.3. The van der Waals surface area contributed by atoms with Crippen molar-refractivity contribution in [3.63, 3.8) is 0 Å². The van der Waals surface area contributed by atoms with Gasteiger partial charge < -0.3 is 9.88 Å². The lowest BCUT2D eigenvalue weighted by atomic mass is 9.70. The van der Waals surface area contributed by atoms with Gasteiger partial charge in [0.05, 0.1) is 22.9 Å². The molecule has 0 saturated carbocycles. The molecule has 4 rings (SSSR count). The number of hydrogen-bond donors (Lipinski definition) is 1. The van der Waals surface area contributed by atoms with E-state index < -0.39 is 0 Å². The number of rotatable bonds is 8. The van der Waals surface area contributed by atoms with Crippen LogP contribution in [0, 0.1) is 5.41 Å². The van der Waals surface area contributed by atoms with Crippen LogP contribution in [0.15, 0.2) is 29.6 Å². The molecule has 3 atom stereocenters. The Morgan fingerprint density at radius 1 is 1.46 bits per heavy atom. The van der Waals surface area contributed by atoms with E-state index in [9.17, 15) is 4.79 Å². The second-order valence-electron chi connectivity index (χ2n) is 7.50. The van der Waals surface area contributed by atoms with Crippen molar-refractivity contribution in [2.75, 3.05) is 13.1 Å². The van der Waals surface area contributed by atoms with Gasteiger partial charge in [0.25, 0.3) is 0 Å². The Hall–Kier alpha value is -1.73. The number of nitrogens with one attached hydrogen (secondary N) is 1. The van der Waals surface area contributed by atoms with Gasteiger partial charge in [-0.05, 0) is 32.2 Å². The second kappa shape index (κ2) is 7.48. The quantitative estimate of drug-likeness (QED) is 0.722. The van der Waals surface area contributed by atoms with Crippen LogP contribution in [0.5, 0.6) is 0 Å². The number of carbonyl (C=O) groups excluding carboxylic acids is 1. The number of nitrogens with zero attached hydrogens (tertiary/aromatic N) is 4. The zero-order valence-corrected chi connectivity index (χ0v) is 16.1. The van der Waals surface area contributed by atoms with Gasteiger partial charge in [-0.25, -0.2) is 9.97 Å². The third kappa shape index (κ3) is 3.18. The van der Waals surface area contributed by atoms with Gasteiger partial charge in [0.2, 0.25) is 5.91 Å². The molecule has 2 saturated heterocycles. The van der Waals surface area contributed by atoms with E-state index in [4.69, 9.17) is 0 Å². The summed E-state index contributed by atoms with van der Waals surface area (Å²) in [4.78, 5) is 24.4. The van der Waals surface area contributed by atoms with Crippen molar-refractivity contribution in [1.82, 2.24) is 24.8 Å². The first-order valence-corrected chi connectivity index (χ1v) is 10.5. The van der Waals surface area contributed by atoms with Gasteiger partial charge >= 0.3 is 0 Å². The van der Waals surface area contributed by atoms with Crippen LogP contribution in [0.4, 0.5) is 0 Å². The summed E-state index contributed by atoms with van der Waals surface area (Å²) in [5, 5.41) is 5.34. The SMILES string of the molecule is CCN1[C@@H]2CC[C@H]1[C@@](Cc1cscn1)(C(=O)NCCCn1ccnc1)C2. The fourth-order valence-corrected chi connectivity index (χ4v) is 5.56. The Bertz CT molecular complexity index is 716. The third-order valence-electron chi connectivity index (χ3n) is 6.12. The average Bonchev–Trinajstić information content (AvgIpc) is 3.42. The molecule has 2 aliphatic rings. The highest BCUT2D eigenvalue weighted by Gasteiger charge is 2.59. The summed E-state index contributed by atoms with van der Waals surface area (Å²) in [6.45, 7) is 4.83. The van der Waals surface area contributed by atoms with Crippen molar-refractivity contribution in [1.29, 1.82) is 0 Å². The van der Waals surface area contributed by atoms with E-state index in [1.807, 2.05) is 22.6 Å². The fraction of sp³-hybridized carbons (Fsp3) is 0.632. The van der Waals surface area contributed by atoms with Crippen LogP contribution in [-0.4, -0.2) is 50.5 Å². The van der Waals surface area contributed by atoms with E-state index in [0.717, 1.165) is 44.5 Å². The van der Waals surface area contributed by atoms with Crippen LogP contribution in [-0.2, 0) is 17.8 Å². The Labute approximate surface area is 158 Å². The molecule has 26 heavy (non-hydrogen) atoms. The zero-order chi connectivity index (χ0) is 18.0. The summed E-state index contributed by atoms with van der Waals surface area (Å²) >= 11 is 1.61. The average molecular weight is 374 g/mol. The number of aryl methyl sites for hydroxylation is 1. The monoisotopic (exact) mass is 373 g/mol. The first kappa shape index (κ1) is 17.7. The predicted octanol–water partition coefficient (Wildman–Crippen LogP) is 2.33. The van der Waals surface area contributed by atoms with Gasteiger partial charge in [0, 0.05) is 49.4 Å². The molecule has 1 N–H and O–H groups in total. The lowest BCUT2D eigenvalue weighted by molar-refractivity contribution is -0.133. The Morgan fingerprint density at radius 2 is 2.38 bits per heavy atom. The fourth-order valence-electron chi connectivity index (χ4n) is 5.01. The van der Waals surface area contributed by atoms with Crippen LogP contribution in [0.3, 0.4) is 0 Å². The van der Waals surface area contributed by atoms with Crippen molar-refractivity contribution < 1.29 is 4.79 Å². The van der Waals surface area contributed by atoms with E-state index in [1.165, 1.54) is 6.42 Å². The summed E-state index contributed by atoms with van der Waals surface area (Å²) in [6, 6.07) is 0.910. The van der Waals surface area contributed by atoms with Gasteiger partial charge in [-0.1, -0.05) is 6.92 Å². The summed E-state index contributed by atoms with van der Waals surface area (Å²) in [6.07, 6.45) is 10.6. The standard InChI is InChI=1S/C19H27N5OS/c1-2-24-16-4-5-17(24)19(11-16,10-15-12-26-14-22-15)18(25)21-6-3-8-23-9-7-20-13-23/h7,9,12-14,16-17H,2-6,8,10-11H2,1H3,(H,21,25)/t16-,17+,19+/m1/s1. The van der Waals surface area contributed by atoms with E-state index in [0.29, 0.717) is 18.6 Å². The molecular formula is C19H27N5OS. The van der Waals surface area contributed by atoms with Gasteiger partial charge in [-0.2, -0.15) is 0 Å². The maximum Gasteiger partial charge on any atom is 0.228 e. The molecular weight excluding hydrogens is 346 g/mol. The molecule has 0 radical (unpaired) electrons. The zero-order valence-electron chi connectivity index (χ0n) is 15.3. The van der Waals surface area contributed by atoms with Crippen molar-refractivity contribution in [2.45, 2.75) is 57.7 Å². The lowest BCUT2D eigenvalue weighted by Gasteiger charge is -2.36. The number of thiazole rings is 1. The van der Waals surface area contributed by atoms with Crippen molar-refractivity contribution >= 4 is 17.2 Å². The molecule has 1 amide bonds. The molecule has 2 aromatic heterocycles. The van der Waals surface area contributed by atoms with Crippen molar-refractivity contribution in [3.8, 4) is 0 Å². The molecule has 2 aromatic rings. The van der Waals surface area contributed by atoms with Crippen LogP contribution in [0.1, 0.15) is 38.3 Å². The molecule has 0 spiro atoms. The summed E-state index contributed by atoms with van der Waals surface area (Å²) in [5.41, 5.74) is 2.62. The van der Waals surface area contributed by atoms with Crippen LogP contribution in [0.2, 0.25) is 0 Å². The smallest absolute Gasteiger partial charge is 0.228 e. The molecule has 4 heterocycles. The minimum absolute atomic E-state index is 0.224. The van der Waals surface area contributed by atoms with Crippen molar-refractivity contribution in [3.05, 3.63) is 35.3 Å². The minimum Gasteiger partial charge on any atom is -0.355 e. The molecule has 2 fully saturated rings. The molecule has 2 bridgehead atoms. The first-order chi connectivity index (χ1) is 12.7. The Balaban J connectivity index is 1.44. The lowest BCUT2D eigenvalue weighted by Crippen LogP contribution is -2.50. The molecule has 6 nitrogen and oxygen atoms in total. The highest BCUT2D eigenvalue weighted by Crippen LogP contribution is 2.51. The summed E-state index contributed by atoms with van der Waals surface area (Å²) in [7, 11) is 0. The van der Waals surface area contributed by atoms with Gasteiger partial charge in [-0.3, -0.25) is 9.69 Å². The number of aromatic nitrogens is 3. The van der Waals surface area contributed by atoms with E-state index in [1.54, 1.807) is 17.5 Å². The largest absolute Gasteiger partial charge is 0.355 e. The molecule has 0 unspecified atom stereocenters. The molecule has 140 valence electrons. The molecule has 0 aromatic carbocycles. The normalized spacial score (nSPS) is 27.9. The van der Waals surface area contributed by atoms with Crippen molar-refractivity contribution in [2.24, 2.45) is 5.41 Å². The minimum atomic E-state index is -0.317. The maximum atomic E-state index is 13.3. The molecule has 2 aliphatic heterocycles. The van der Waals surface area contributed by atoms with Crippen LogP contribution >= 0.6 is 11.3 Å². The van der Waals surface area contributed by atoms with E-state index in [2.05, 4.69) is 32.5 Å².